The average molecular weight is 243 g/mol. The highest BCUT2D eigenvalue weighted by Gasteiger charge is 2.43. The first-order valence-electron chi connectivity index (χ1n) is 6.01. The fourth-order valence-electron chi connectivity index (χ4n) is 2.06. The van der Waals surface area contributed by atoms with E-state index in [4.69, 9.17) is 5.73 Å². The molecule has 1 atom stereocenters. The Labute approximate surface area is 101 Å². The number of carbonyl (C=O) groups is 2. The Morgan fingerprint density at radius 3 is 2.76 bits per heavy atom. The number of amides is 2. The summed E-state index contributed by atoms with van der Waals surface area (Å²) < 4.78 is 0. The number of hydrogen-bond donors (Lipinski definition) is 3. The number of carbonyl (C=O) groups excluding carboxylic acids is 1. The summed E-state index contributed by atoms with van der Waals surface area (Å²) in [7, 11) is 0. The van der Waals surface area contributed by atoms with Crippen molar-refractivity contribution in [1.82, 2.24) is 10.2 Å². The first kappa shape index (κ1) is 13.8. The largest absolute Gasteiger partial charge is 0.480 e. The molecule has 17 heavy (non-hydrogen) atoms. The van der Waals surface area contributed by atoms with Crippen molar-refractivity contribution < 1.29 is 14.7 Å². The molecule has 6 heteroatoms. The monoisotopic (exact) mass is 243 g/mol. The van der Waals surface area contributed by atoms with E-state index in [1.807, 2.05) is 0 Å². The molecule has 1 heterocycles. The Hall–Kier alpha value is -1.30. The van der Waals surface area contributed by atoms with E-state index < -0.39 is 11.5 Å². The van der Waals surface area contributed by atoms with Crippen LogP contribution in [0.15, 0.2) is 0 Å². The van der Waals surface area contributed by atoms with Crippen molar-refractivity contribution in [3.8, 4) is 0 Å². The predicted octanol–water partition coefficient (Wildman–Crippen LogP) is 0.374. The molecule has 0 aromatic carbocycles. The van der Waals surface area contributed by atoms with Crippen molar-refractivity contribution in [2.75, 3.05) is 19.6 Å². The number of piperidine rings is 1. The lowest BCUT2D eigenvalue weighted by molar-refractivity contribution is -0.150. The van der Waals surface area contributed by atoms with Gasteiger partial charge in [0.1, 0.15) is 5.54 Å². The van der Waals surface area contributed by atoms with E-state index in [2.05, 4.69) is 5.32 Å². The highest BCUT2D eigenvalue weighted by Crippen LogP contribution is 2.28. The van der Waals surface area contributed by atoms with Gasteiger partial charge in [-0.05, 0) is 39.2 Å². The number of likely N-dealkylation sites (tertiary alicyclic amines) is 1. The number of carboxylic acid groups (broad SMARTS) is 1. The Morgan fingerprint density at radius 2 is 2.18 bits per heavy atom. The van der Waals surface area contributed by atoms with E-state index in [1.165, 1.54) is 4.90 Å². The molecule has 0 aromatic heterocycles. The third-order valence-electron chi connectivity index (χ3n) is 3.25. The number of hydrogen-bond acceptors (Lipinski definition) is 3. The molecule has 1 saturated heterocycles. The number of rotatable bonds is 4. The molecule has 0 bridgehead atoms. The second-order valence-electron chi connectivity index (χ2n) is 4.56. The van der Waals surface area contributed by atoms with Gasteiger partial charge >= 0.3 is 12.0 Å². The number of nitrogens with one attached hydrogen (secondary N) is 1. The van der Waals surface area contributed by atoms with Crippen molar-refractivity contribution in [1.29, 1.82) is 0 Å². The molecule has 1 aliphatic heterocycles. The van der Waals surface area contributed by atoms with E-state index in [9.17, 15) is 14.7 Å². The first-order chi connectivity index (χ1) is 8.02. The van der Waals surface area contributed by atoms with Crippen LogP contribution in [0, 0.1) is 0 Å². The van der Waals surface area contributed by atoms with Crippen molar-refractivity contribution in [2.45, 2.75) is 38.1 Å². The summed E-state index contributed by atoms with van der Waals surface area (Å²) >= 11 is 0. The maximum absolute atomic E-state index is 11.9. The van der Waals surface area contributed by atoms with Crippen LogP contribution < -0.4 is 11.1 Å². The average Bonchev–Trinajstić information content (AvgIpc) is 2.29. The summed E-state index contributed by atoms with van der Waals surface area (Å²) in [6.07, 6.45) is 2.90. The summed E-state index contributed by atoms with van der Waals surface area (Å²) in [6.45, 7) is 3.10. The van der Waals surface area contributed by atoms with E-state index in [1.54, 1.807) is 6.92 Å². The number of aliphatic carboxylic acids is 1. The minimum Gasteiger partial charge on any atom is -0.480 e. The molecule has 1 unspecified atom stereocenters. The Morgan fingerprint density at radius 1 is 1.47 bits per heavy atom. The fourth-order valence-corrected chi connectivity index (χ4v) is 2.06. The standard InChI is InChI=1S/C11H21N3O3/c1-11(9(15)16)5-2-3-8-14(11)10(17)13-7-4-6-12/h2-8,12H2,1H3,(H,13,17)(H,15,16). The number of nitrogens with two attached hydrogens (primary N) is 1. The number of urea groups is 1. The number of nitrogens with zero attached hydrogens (tertiary/aromatic N) is 1. The highest BCUT2D eigenvalue weighted by molar-refractivity contribution is 5.86. The topological polar surface area (TPSA) is 95.7 Å². The van der Waals surface area contributed by atoms with E-state index >= 15 is 0 Å². The van der Waals surface area contributed by atoms with Gasteiger partial charge in [-0.15, -0.1) is 0 Å². The maximum Gasteiger partial charge on any atom is 0.329 e. The van der Waals surface area contributed by atoms with E-state index in [0.29, 0.717) is 32.5 Å². The van der Waals surface area contributed by atoms with Gasteiger partial charge in [0.05, 0.1) is 0 Å². The highest BCUT2D eigenvalue weighted by atomic mass is 16.4. The Bertz CT molecular complexity index is 296. The van der Waals surface area contributed by atoms with Crippen molar-refractivity contribution in [2.24, 2.45) is 5.73 Å². The minimum atomic E-state index is -1.08. The van der Waals surface area contributed by atoms with Gasteiger partial charge in [0.25, 0.3) is 0 Å². The van der Waals surface area contributed by atoms with Crippen LogP contribution in [0.5, 0.6) is 0 Å². The van der Waals surface area contributed by atoms with Crippen LogP contribution in [0.3, 0.4) is 0 Å². The van der Waals surface area contributed by atoms with Crippen LogP contribution in [0.25, 0.3) is 0 Å². The summed E-state index contributed by atoms with van der Waals surface area (Å²) in [5.41, 5.74) is 4.26. The fraction of sp³-hybridized carbons (Fsp3) is 0.818. The molecular weight excluding hydrogens is 222 g/mol. The molecule has 6 nitrogen and oxygen atoms in total. The smallest absolute Gasteiger partial charge is 0.329 e. The van der Waals surface area contributed by atoms with E-state index in [-0.39, 0.29) is 6.03 Å². The number of carboxylic acids is 1. The van der Waals surface area contributed by atoms with Gasteiger partial charge in [0.2, 0.25) is 0 Å². The second kappa shape index (κ2) is 5.86. The maximum atomic E-state index is 11.9. The van der Waals surface area contributed by atoms with Gasteiger partial charge in [-0.25, -0.2) is 9.59 Å². The minimum absolute atomic E-state index is 0.303. The third kappa shape index (κ3) is 3.09. The summed E-state index contributed by atoms with van der Waals surface area (Å²) in [5, 5.41) is 12.0. The van der Waals surface area contributed by atoms with Crippen molar-refractivity contribution in [3.05, 3.63) is 0 Å². The Balaban J connectivity index is 2.65. The zero-order valence-electron chi connectivity index (χ0n) is 10.2. The van der Waals surface area contributed by atoms with Gasteiger partial charge in [-0.3, -0.25) is 0 Å². The molecule has 1 aliphatic rings. The summed E-state index contributed by atoms with van der Waals surface area (Å²) in [6, 6.07) is -0.303. The molecule has 2 amide bonds. The van der Waals surface area contributed by atoms with Crippen LogP contribution >= 0.6 is 0 Å². The molecule has 0 aliphatic carbocycles. The van der Waals surface area contributed by atoms with Gasteiger partial charge in [-0.2, -0.15) is 0 Å². The van der Waals surface area contributed by atoms with Crippen LogP contribution in [0.4, 0.5) is 4.79 Å². The normalized spacial score (nSPS) is 24.5. The summed E-state index contributed by atoms with van der Waals surface area (Å²) in [4.78, 5) is 24.6. The second-order valence-corrected chi connectivity index (χ2v) is 4.56. The summed E-state index contributed by atoms with van der Waals surface area (Å²) in [5.74, 6) is -0.939. The first-order valence-corrected chi connectivity index (χ1v) is 6.01. The molecule has 98 valence electrons. The van der Waals surface area contributed by atoms with Crippen LogP contribution in [-0.2, 0) is 4.79 Å². The van der Waals surface area contributed by atoms with Gasteiger partial charge < -0.3 is 21.1 Å². The molecule has 0 spiro atoms. The van der Waals surface area contributed by atoms with Crippen molar-refractivity contribution in [3.63, 3.8) is 0 Å². The van der Waals surface area contributed by atoms with Crippen LogP contribution in [-0.4, -0.2) is 47.2 Å². The van der Waals surface area contributed by atoms with Crippen LogP contribution in [0.2, 0.25) is 0 Å². The predicted molar refractivity (Wildman–Crippen MR) is 63.7 cm³/mol. The van der Waals surface area contributed by atoms with Gasteiger partial charge in [0, 0.05) is 13.1 Å². The quantitative estimate of drug-likeness (QED) is 0.622. The molecule has 1 rings (SSSR count). The third-order valence-corrected chi connectivity index (χ3v) is 3.25. The van der Waals surface area contributed by atoms with Gasteiger partial charge in [-0.1, -0.05) is 0 Å². The SMILES string of the molecule is CC1(C(=O)O)CCCCN1C(=O)NCCCN. The molecule has 1 fully saturated rings. The zero-order valence-corrected chi connectivity index (χ0v) is 10.2. The zero-order chi connectivity index (χ0) is 12.9. The molecule has 0 radical (unpaired) electrons. The molecule has 0 saturated carbocycles. The van der Waals surface area contributed by atoms with Crippen LogP contribution in [0.1, 0.15) is 32.6 Å². The lowest BCUT2D eigenvalue weighted by atomic mass is 9.89. The Kier molecular flexibility index (Phi) is 4.74. The van der Waals surface area contributed by atoms with E-state index in [0.717, 1.165) is 12.8 Å². The molecule has 0 aromatic rings. The molecule has 4 N–H and O–H groups in total. The molecular formula is C11H21N3O3. The van der Waals surface area contributed by atoms with Gasteiger partial charge in [0.15, 0.2) is 0 Å². The lowest BCUT2D eigenvalue weighted by Gasteiger charge is -2.41. The van der Waals surface area contributed by atoms with Crippen molar-refractivity contribution >= 4 is 12.0 Å². The lowest BCUT2D eigenvalue weighted by Crippen LogP contribution is -2.60.